The van der Waals surface area contributed by atoms with Crippen LogP contribution in [-0.4, -0.2) is 42.1 Å². The van der Waals surface area contributed by atoms with Crippen molar-refractivity contribution in [2.75, 3.05) is 12.3 Å². The van der Waals surface area contributed by atoms with Crippen LogP contribution in [0.4, 0.5) is 0 Å². The monoisotopic (exact) mass is 275 g/mol. The van der Waals surface area contributed by atoms with E-state index in [0.717, 1.165) is 25.7 Å². The number of carboxylic acid groups (broad SMARTS) is 1. The summed E-state index contributed by atoms with van der Waals surface area (Å²) in [6.45, 7) is 0.365. The van der Waals surface area contributed by atoms with E-state index >= 15 is 0 Å². The number of hydrogen-bond donors (Lipinski definition) is 1. The molecule has 1 N–H and O–H groups in total. The van der Waals surface area contributed by atoms with Gasteiger partial charge in [-0.1, -0.05) is 19.3 Å². The Hall–Kier alpha value is -0.620. The first-order valence-corrected chi connectivity index (χ1v) is 8.34. The van der Waals surface area contributed by atoms with E-state index in [-0.39, 0.29) is 5.75 Å². The number of sulfonamides is 1. The largest absolute Gasteiger partial charge is 0.480 e. The third-order valence-corrected chi connectivity index (χ3v) is 6.01. The van der Waals surface area contributed by atoms with Gasteiger partial charge in [0.25, 0.3) is 0 Å². The molecule has 0 radical (unpaired) electrons. The maximum Gasteiger partial charge on any atom is 0.322 e. The molecule has 1 unspecified atom stereocenters. The number of carbonyl (C=O) groups is 1. The van der Waals surface area contributed by atoms with E-state index in [2.05, 4.69) is 0 Å². The summed E-state index contributed by atoms with van der Waals surface area (Å²) in [6.07, 6.45) is 6.14. The molecular formula is C12H21NO4S. The molecule has 6 heteroatoms. The SMILES string of the molecule is O=C(O)C1CCCCN1S(=O)(=O)CCC1CCC1. The molecule has 18 heavy (non-hydrogen) atoms. The number of nitrogens with zero attached hydrogens (tertiary/aromatic N) is 1. The number of piperidine rings is 1. The van der Waals surface area contributed by atoms with Crippen molar-refractivity contribution in [3.8, 4) is 0 Å². The van der Waals surface area contributed by atoms with Crippen LogP contribution in [0, 0.1) is 5.92 Å². The van der Waals surface area contributed by atoms with E-state index in [4.69, 9.17) is 5.11 Å². The maximum absolute atomic E-state index is 12.2. The van der Waals surface area contributed by atoms with E-state index in [1.165, 1.54) is 10.7 Å². The molecule has 0 aromatic carbocycles. The van der Waals surface area contributed by atoms with Gasteiger partial charge >= 0.3 is 5.97 Å². The fourth-order valence-corrected chi connectivity index (χ4v) is 4.56. The van der Waals surface area contributed by atoms with Gasteiger partial charge in [-0.2, -0.15) is 4.31 Å². The van der Waals surface area contributed by atoms with Crippen molar-refractivity contribution in [3.63, 3.8) is 0 Å². The summed E-state index contributed by atoms with van der Waals surface area (Å²) in [6, 6.07) is -0.842. The highest BCUT2D eigenvalue weighted by Crippen LogP contribution is 2.30. The smallest absolute Gasteiger partial charge is 0.322 e. The molecular weight excluding hydrogens is 254 g/mol. The van der Waals surface area contributed by atoms with Crippen molar-refractivity contribution in [1.82, 2.24) is 4.31 Å². The normalized spacial score (nSPS) is 26.8. The average Bonchev–Trinajstić information content (AvgIpc) is 2.26. The maximum atomic E-state index is 12.2. The second kappa shape index (κ2) is 5.57. The zero-order valence-corrected chi connectivity index (χ0v) is 11.4. The minimum atomic E-state index is -3.40. The summed E-state index contributed by atoms with van der Waals surface area (Å²) in [5.41, 5.74) is 0. The highest BCUT2D eigenvalue weighted by atomic mass is 32.2. The lowest BCUT2D eigenvalue weighted by Gasteiger charge is -2.33. The van der Waals surface area contributed by atoms with Crippen LogP contribution < -0.4 is 0 Å². The predicted molar refractivity (Wildman–Crippen MR) is 67.7 cm³/mol. The Morgan fingerprint density at radius 2 is 1.89 bits per heavy atom. The van der Waals surface area contributed by atoms with E-state index in [0.29, 0.717) is 25.3 Å². The van der Waals surface area contributed by atoms with Gasteiger partial charge in [-0.15, -0.1) is 0 Å². The van der Waals surface area contributed by atoms with Gasteiger partial charge in [0.15, 0.2) is 0 Å². The van der Waals surface area contributed by atoms with Crippen LogP contribution >= 0.6 is 0 Å². The number of hydrogen-bond acceptors (Lipinski definition) is 3. The molecule has 1 atom stereocenters. The summed E-state index contributed by atoms with van der Waals surface area (Å²) >= 11 is 0. The molecule has 0 aromatic rings. The molecule has 0 bridgehead atoms. The lowest BCUT2D eigenvalue weighted by molar-refractivity contribution is -0.142. The Morgan fingerprint density at radius 1 is 1.17 bits per heavy atom. The van der Waals surface area contributed by atoms with Crippen molar-refractivity contribution in [3.05, 3.63) is 0 Å². The van der Waals surface area contributed by atoms with E-state index < -0.39 is 22.0 Å². The third-order valence-electron chi connectivity index (χ3n) is 4.10. The molecule has 1 heterocycles. The summed E-state index contributed by atoms with van der Waals surface area (Å²) in [5, 5.41) is 9.10. The lowest BCUT2D eigenvalue weighted by Crippen LogP contribution is -2.48. The fraction of sp³-hybridized carbons (Fsp3) is 0.917. The highest BCUT2D eigenvalue weighted by Gasteiger charge is 2.36. The zero-order valence-electron chi connectivity index (χ0n) is 10.5. The molecule has 1 saturated carbocycles. The second-order valence-corrected chi connectivity index (χ2v) is 7.40. The summed E-state index contributed by atoms with van der Waals surface area (Å²) in [7, 11) is -3.40. The van der Waals surface area contributed by atoms with Crippen LogP contribution in [0.15, 0.2) is 0 Å². The Balaban J connectivity index is 1.98. The van der Waals surface area contributed by atoms with E-state index in [1.54, 1.807) is 0 Å². The van der Waals surface area contributed by atoms with Crippen LogP contribution in [0.3, 0.4) is 0 Å². The van der Waals surface area contributed by atoms with Crippen LogP contribution in [0.5, 0.6) is 0 Å². The van der Waals surface area contributed by atoms with Gasteiger partial charge in [0.05, 0.1) is 5.75 Å². The zero-order chi connectivity index (χ0) is 13.2. The Kier molecular flexibility index (Phi) is 4.27. The van der Waals surface area contributed by atoms with Crippen molar-refractivity contribution < 1.29 is 18.3 Å². The van der Waals surface area contributed by atoms with Gasteiger partial charge in [0, 0.05) is 6.54 Å². The molecule has 0 amide bonds. The van der Waals surface area contributed by atoms with Crippen LogP contribution in [0.1, 0.15) is 44.9 Å². The minimum Gasteiger partial charge on any atom is -0.480 e. The average molecular weight is 275 g/mol. The first-order chi connectivity index (χ1) is 8.50. The summed E-state index contributed by atoms with van der Waals surface area (Å²) in [4.78, 5) is 11.1. The molecule has 1 aliphatic carbocycles. The topological polar surface area (TPSA) is 74.7 Å². The molecule has 5 nitrogen and oxygen atoms in total. The third kappa shape index (κ3) is 3.03. The molecule has 1 saturated heterocycles. The van der Waals surface area contributed by atoms with Gasteiger partial charge in [-0.3, -0.25) is 4.79 Å². The summed E-state index contributed by atoms with van der Waals surface area (Å²) in [5.74, 6) is -0.365. The Bertz CT molecular complexity index is 402. The predicted octanol–water partition coefficient (Wildman–Crippen LogP) is 1.45. The molecule has 0 aromatic heterocycles. The minimum absolute atomic E-state index is 0.113. The van der Waals surface area contributed by atoms with Gasteiger partial charge in [-0.25, -0.2) is 8.42 Å². The molecule has 104 valence electrons. The Morgan fingerprint density at radius 3 is 2.44 bits per heavy atom. The second-order valence-electron chi connectivity index (χ2n) is 5.36. The number of aliphatic carboxylic acids is 1. The van der Waals surface area contributed by atoms with Crippen LogP contribution in [0.2, 0.25) is 0 Å². The van der Waals surface area contributed by atoms with Crippen molar-refractivity contribution >= 4 is 16.0 Å². The first-order valence-electron chi connectivity index (χ1n) is 6.73. The molecule has 1 aliphatic heterocycles. The Labute approximate surface area is 108 Å². The van der Waals surface area contributed by atoms with Crippen LogP contribution in [0.25, 0.3) is 0 Å². The fourth-order valence-electron chi connectivity index (χ4n) is 2.70. The van der Waals surface area contributed by atoms with Crippen molar-refractivity contribution in [2.45, 2.75) is 51.0 Å². The molecule has 2 rings (SSSR count). The van der Waals surface area contributed by atoms with Gasteiger partial charge in [0.2, 0.25) is 10.0 Å². The first kappa shape index (κ1) is 13.8. The number of rotatable bonds is 5. The van der Waals surface area contributed by atoms with E-state index in [1.807, 2.05) is 0 Å². The van der Waals surface area contributed by atoms with Gasteiger partial charge in [-0.05, 0) is 31.6 Å². The summed E-state index contributed by atoms with van der Waals surface area (Å²) < 4.78 is 25.6. The lowest BCUT2D eigenvalue weighted by atomic mass is 9.84. The molecule has 2 fully saturated rings. The van der Waals surface area contributed by atoms with Gasteiger partial charge in [0.1, 0.15) is 6.04 Å². The quantitative estimate of drug-likeness (QED) is 0.824. The number of carboxylic acids is 1. The van der Waals surface area contributed by atoms with Crippen molar-refractivity contribution in [2.24, 2.45) is 5.92 Å². The van der Waals surface area contributed by atoms with Crippen LogP contribution in [-0.2, 0) is 14.8 Å². The van der Waals surface area contributed by atoms with E-state index in [9.17, 15) is 13.2 Å². The highest BCUT2D eigenvalue weighted by molar-refractivity contribution is 7.89. The van der Waals surface area contributed by atoms with Crippen molar-refractivity contribution in [1.29, 1.82) is 0 Å². The standard InChI is InChI=1S/C12H21NO4S/c14-12(15)11-6-1-2-8-13(11)18(16,17)9-7-10-4-3-5-10/h10-11H,1-9H2,(H,14,15). The molecule has 2 aliphatic rings. The van der Waals surface area contributed by atoms with Gasteiger partial charge < -0.3 is 5.11 Å². The molecule has 0 spiro atoms.